The van der Waals surface area contributed by atoms with Gasteiger partial charge in [-0.05, 0) is 72.9 Å². The van der Waals surface area contributed by atoms with E-state index in [1.165, 1.54) is 5.56 Å². The fraction of sp³-hybridized carbons (Fsp3) is 0.275. The van der Waals surface area contributed by atoms with Crippen LogP contribution in [0.15, 0.2) is 103 Å². The van der Waals surface area contributed by atoms with Gasteiger partial charge in [-0.25, -0.2) is 0 Å². The lowest BCUT2D eigenvalue weighted by Crippen LogP contribution is -2.51. The lowest BCUT2D eigenvalue weighted by atomic mass is 9.64. The molecule has 1 spiro atoms. The van der Waals surface area contributed by atoms with Crippen LogP contribution in [0.25, 0.3) is 5.57 Å². The lowest BCUT2D eigenvalue weighted by Gasteiger charge is -2.39. The minimum Gasteiger partial charge on any atom is -0.497 e. The molecule has 1 fully saturated rings. The molecule has 0 saturated carbocycles. The fourth-order valence-corrected chi connectivity index (χ4v) is 7.91. The van der Waals surface area contributed by atoms with Crippen LogP contribution in [0.2, 0.25) is 0 Å². The Morgan fingerprint density at radius 2 is 1.52 bits per heavy atom. The Kier molecular flexibility index (Phi) is 7.59. The Balaban J connectivity index is 1.45. The van der Waals surface area contributed by atoms with Crippen molar-refractivity contribution in [2.75, 3.05) is 17.3 Å². The van der Waals surface area contributed by atoms with Crippen LogP contribution in [-0.2, 0) is 16.6 Å². The molecule has 1 saturated heterocycles. The van der Waals surface area contributed by atoms with E-state index in [9.17, 15) is 9.59 Å². The second kappa shape index (κ2) is 11.8. The van der Waals surface area contributed by atoms with Gasteiger partial charge in [0.2, 0.25) is 5.91 Å². The molecule has 4 atom stereocenters. The number of anilines is 2. The zero-order valence-corrected chi connectivity index (χ0v) is 26.5. The number of unbranched alkanes of at least 4 members (excludes halogenated alkanes) is 2. The van der Waals surface area contributed by atoms with Crippen molar-refractivity contribution in [2.45, 2.75) is 57.0 Å². The van der Waals surface area contributed by atoms with Gasteiger partial charge in [-0.2, -0.15) is 0 Å². The standard InChI is InChI=1S/C40H38N2O4/c1-4-5-6-11-26-16-18-27(19-17-26)37(43)35-36(38(44)28-20-22-29(46-3)23-21-28)42-33-15-10-7-12-30(33)25(2)24-34(42)40(35)31-13-8-9-14-32(31)41-39(40)45/h7-10,12-24,34-36H,4-6,11H2,1-3H3,(H,41,45)/t34-,35+,36-,40+/m1/s1. The molecular formula is C40H38N2O4. The SMILES string of the molecule is CCCCCc1ccc(C(=O)[C@@H]2[C@H](C(=O)c3ccc(OC)cc3)N3c4ccccc4C(C)=C[C@@H]3[C@]23C(=O)Nc2ccccc23)cc1. The predicted octanol–water partition coefficient (Wildman–Crippen LogP) is 7.67. The minimum atomic E-state index is -1.34. The molecule has 0 radical (unpaired) electrons. The van der Waals surface area contributed by atoms with Crippen LogP contribution in [0, 0.1) is 5.92 Å². The van der Waals surface area contributed by atoms with Crippen molar-refractivity contribution in [1.82, 2.24) is 0 Å². The summed E-state index contributed by atoms with van der Waals surface area (Å²) in [5.74, 6) is -1.05. The number of carbonyl (C=O) groups is 3. The highest BCUT2D eigenvalue weighted by Gasteiger charge is 2.70. The van der Waals surface area contributed by atoms with Crippen LogP contribution in [0.5, 0.6) is 5.75 Å². The first kappa shape index (κ1) is 29.7. The number of ether oxygens (including phenoxy) is 1. The molecule has 6 heteroatoms. The van der Waals surface area contributed by atoms with Gasteiger partial charge in [-0.15, -0.1) is 0 Å². The molecule has 0 unspecified atom stereocenters. The average molecular weight is 611 g/mol. The molecule has 1 N–H and O–H groups in total. The number of amides is 1. The maximum atomic E-state index is 15.1. The van der Waals surface area contributed by atoms with E-state index in [0.29, 0.717) is 22.6 Å². The quantitative estimate of drug-likeness (QED) is 0.155. The monoisotopic (exact) mass is 610 g/mol. The third kappa shape index (κ3) is 4.50. The molecule has 3 heterocycles. The summed E-state index contributed by atoms with van der Waals surface area (Å²) < 4.78 is 5.37. The number of allylic oxidation sites excluding steroid dienone is 1. The highest BCUT2D eigenvalue weighted by atomic mass is 16.5. The first-order valence-electron chi connectivity index (χ1n) is 16.2. The maximum absolute atomic E-state index is 15.1. The Hall–Kier alpha value is -4.97. The van der Waals surface area contributed by atoms with Crippen molar-refractivity contribution in [1.29, 1.82) is 0 Å². The van der Waals surface area contributed by atoms with E-state index in [4.69, 9.17) is 4.74 Å². The number of hydrogen-bond acceptors (Lipinski definition) is 5. The number of para-hydroxylation sites is 2. The molecule has 0 bridgehead atoms. The van der Waals surface area contributed by atoms with Crippen LogP contribution < -0.4 is 15.0 Å². The van der Waals surface area contributed by atoms with Crippen LogP contribution in [-0.4, -0.2) is 36.7 Å². The van der Waals surface area contributed by atoms with Crippen molar-refractivity contribution in [3.63, 3.8) is 0 Å². The van der Waals surface area contributed by atoms with Crippen molar-refractivity contribution in [3.8, 4) is 5.75 Å². The Morgan fingerprint density at radius 1 is 0.848 bits per heavy atom. The molecule has 46 heavy (non-hydrogen) atoms. The number of nitrogens with zero attached hydrogens (tertiary/aromatic N) is 1. The number of rotatable bonds is 9. The summed E-state index contributed by atoms with van der Waals surface area (Å²) >= 11 is 0. The van der Waals surface area contributed by atoms with E-state index in [-0.39, 0.29) is 17.5 Å². The van der Waals surface area contributed by atoms with E-state index in [1.807, 2.05) is 79.7 Å². The van der Waals surface area contributed by atoms with E-state index in [1.54, 1.807) is 31.4 Å². The van der Waals surface area contributed by atoms with E-state index < -0.39 is 23.4 Å². The molecule has 7 rings (SSSR count). The first-order chi connectivity index (χ1) is 22.4. The van der Waals surface area contributed by atoms with Crippen molar-refractivity contribution < 1.29 is 19.1 Å². The Bertz CT molecular complexity index is 1860. The molecule has 6 nitrogen and oxygen atoms in total. The second-order valence-electron chi connectivity index (χ2n) is 12.6. The number of Topliss-reactive ketones (excluding diaryl/α,β-unsaturated/α-hetero) is 2. The second-order valence-corrected chi connectivity index (χ2v) is 12.6. The Labute approximate surface area is 270 Å². The third-order valence-corrected chi connectivity index (χ3v) is 10.1. The number of hydrogen-bond donors (Lipinski definition) is 1. The highest BCUT2D eigenvalue weighted by molar-refractivity contribution is 6.18. The van der Waals surface area contributed by atoms with Gasteiger partial charge in [0.15, 0.2) is 11.6 Å². The molecular weight excluding hydrogens is 572 g/mol. The summed E-state index contributed by atoms with van der Waals surface area (Å²) in [6.45, 7) is 4.22. The number of ketones is 2. The molecule has 1 amide bonds. The Morgan fingerprint density at radius 3 is 2.26 bits per heavy atom. The number of nitrogens with one attached hydrogen (secondary N) is 1. The van der Waals surface area contributed by atoms with Gasteiger partial charge in [0.05, 0.1) is 19.1 Å². The number of aryl methyl sites for hydroxylation is 1. The summed E-state index contributed by atoms with van der Waals surface area (Å²) in [4.78, 5) is 46.7. The summed E-state index contributed by atoms with van der Waals surface area (Å²) in [5, 5.41) is 3.12. The number of fused-ring (bicyclic) bond motifs is 6. The molecule has 3 aliphatic rings. The predicted molar refractivity (Wildman–Crippen MR) is 182 cm³/mol. The number of benzene rings is 4. The zero-order valence-electron chi connectivity index (χ0n) is 26.5. The fourth-order valence-electron chi connectivity index (χ4n) is 7.91. The topological polar surface area (TPSA) is 75.7 Å². The van der Waals surface area contributed by atoms with Crippen molar-refractivity contribution in [2.24, 2.45) is 5.92 Å². The van der Waals surface area contributed by atoms with Crippen LogP contribution >= 0.6 is 0 Å². The summed E-state index contributed by atoms with van der Waals surface area (Å²) in [5.41, 5.74) is 5.06. The zero-order chi connectivity index (χ0) is 32.0. The van der Waals surface area contributed by atoms with Gasteiger partial charge in [0.25, 0.3) is 0 Å². The normalized spacial score (nSPS) is 22.5. The average Bonchev–Trinajstić information content (AvgIpc) is 3.56. The van der Waals surface area contributed by atoms with Crippen molar-refractivity contribution in [3.05, 3.63) is 131 Å². The maximum Gasteiger partial charge on any atom is 0.238 e. The van der Waals surface area contributed by atoms with Crippen LogP contribution in [0.4, 0.5) is 11.4 Å². The van der Waals surface area contributed by atoms with E-state index in [0.717, 1.165) is 48.1 Å². The highest BCUT2D eigenvalue weighted by Crippen LogP contribution is 2.58. The first-order valence-corrected chi connectivity index (χ1v) is 16.2. The summed E-state index contributed by atoms with van der Waals surface area (Å²) in [6.07, 6.45) is 6.42. The van der Waals surface area contributed by atoms with Gasteiger partial charge in [-0.3, -0.25) is 14.4 Å². The van der Waals surface area contributed by atoms with Crippen LogP contribution in [0.3, 0.4) is 0 Å². The molecule has 4 aromatic rings. The smallest absolute Gasteiger partial charge is 0.238 e. The van der Waals surface area contributed by atoms with Crippen molar-refractivity contribution >= 4 is 34.4 Å². The van der Waals surface area contributed by atoms with Gasteiger partial charge < -0.3 is 15.0 Å². The third-order valence-electron chi connectivity index (χ3n) is 10.1. The molecule has 4 aromatic carbocycles. The molecule has 232 valence electrons. The molecule has 0 aromatic heterocycles. The lowest BCUT2D eigenvalue weighted by molar-refractivity contribution is -0.121. The number of methoxy groups -OCH3 is 1. The molecule has 3 aliphatic heterocycles. The minimum absolute atomic E-state index is 0.209. The number of carbonyl (C=O) groups excluding carboxylic acids is 3. The summed E-state index contributed by atoms with van der Waals surface area (Å²) in [6, 6.07) is 28.8. The van der Waals surface area contributed by atoms with Gasteiger partial charge in [0.1, 0.15) is 17.2 Å². The largest absolute Gasteiger partial charge is 0.497 e. The van der Waals surface area contributed by atoms with Gasteiger partial charge >= 0.3 is 0 Å². The molecule has 0 aliphatic carbocycles. The van der Waals surface area contributed by atoms with E-state index >= 15 is 4.79 Å². The van der Waals surface area contributed by atoms with Gasteiger partial charge in [-0.1, -0.05) is 86.5 Å². The van der Waals surface area contributed by atoms with Gasteiger partial charge in [0, 0.05) is 28.1 Å². The van der Waals surface area contributed by atoms with E-state index in [2.05, 4.69) is 23.2 Å². The van der Waals surface area contributed by atoms with Crippen LogP contribution in [0.1, 0.15) is 70.5 Å². The summed E-state index contributed by atoms with van der Waals surface area (Å²) in [7, 11) is 1.58.